The smallest absolute Gasteiger partial charge is 0.252 e. The summed E-state index contributed by atoms with van der Waals surface area (Å²) in [4.78, 5) is 18.8. The molecule has 0 aromatic carbocycles. The highest BCUT2D eigenvalue weighted by Crippen LogP contribution is 2.38. The van der Waals surface area contributed by atoms with Crippen LogP contribution in [0.25, 0.3) is 0 Å². The number of hydrogen-bond donors (Lipinski definition) is 2. The fraction of sp³-hybridized carbons (Fsp3) is 0.692. The van der Waals surface area contributed by atoms with Gasteiger partial charge in [-0.25, -0.2) is 4.98 Å². The van der Waals surface area contributed by atoms with Gasteiger partial charge in [-0.2, -0.15) is 0 Å². The van der Waals surface area contributed by atoms with E-state index in [1.165, 1.54) is 19.3 Å². The van der Waals surface area contributed by atoms with Crippen LogP contribution in [0.2, 0.25) is 0 Å². The maximum atomic E-state index is 11.5. The van der Waals surface area contributed by atoms with Crippen LogP contribution in [0.4, 0.5) is 5.82 Å². The average molecular weight is 233 g/mol. The third-order valence-electron chi connectivity index (χ3n) is 3.50. The lowest BCUT2D eigenvalue weighted by Gasteiger charge is -2.14. The van der Waals surface area contributed by atoms with Crippen molar-refractivity contribution in [1.29, 1.82) is 0 Å². The molecule has 0 radical (unpaired) electrons. The van der Waals surface area contributed by atoms with Crippen molar-refractivity contribution < 1.29 is 0 Å². The van der Waals surface area contributed by atoms with Gasteiger partial charge >= 0.3 is 0 Å². The molecule has 0 bridgehead atoms. The van der Waals surface area contributed by atoms with Crippen molar-refractivity contribution >= 4 is 5.82 Å². The minimum Gasteiger partial charge on any atom is -0.367 e. The Bertz CT molecular complexity index is 460. The summed E-state index contributed by atoms with van der Waals surface area (Å²) >= 11 is 0. The van der Waals surface area contributed by atoms with Crippen LogP contribution in [0, 0.1) is 5.92 Å². The molecule has 2 aliphatic carbocycles. The third kappa shape index (κ3) is 2.87. The molecule has 2 fully saturated rings. The molecular formula is C13H19N3O. The predicted octanol–water partition coefficient (Wildman–Crippen LogP) is 2.25. The molecule has 0 amide bonds. The quantitative estimate of drug-likeness (QED) is 0.820. The van der Waals surface area contributed by atoms with Crippen molar-refractivity contribution in [1.82, 2.24) is 9.97 Å². The number of aromatic nitrogens is 2. The van der Waals surface area contributed by atoms with E-state index in [4.69, 9.17) is 0 Å². The Morgan fingerprint density at radius 3 is 2.88 bits per heavy atom. The van der Waals surface area contributed by atoms with Gasteiger partial charge in [-0.1, -0.05) is 12.8 Å². The maximum absolute atomic E-state index is 11.5. The number of anilines is 1. The number of aromatic amines is 1. The van der Waals surface area contributed by atoms with Gasteiger partial charge in [-0.15, -0.1) is 0 Å². The zero-order chi connectivity index (χ0) is 11.8. The van der Waals surface area contributed by atoms with Crippen molar-refractivity contribution in [3.05, 3.63) is 22.2 Å². The van der Waals surface area contributed by atoms with Crippen LogP contribution >= 0.6 is 0 Å². The molecule has 17 heavy (non-hydrogen) atoms. The molecular weight excluding hydrogens is 214 g/mol. The summed E-state index contributed by atoms with van der Waals surface area (Å²) < 4.78 is 0. The first-order valence-corrected chi connectivity index (χ1v) is 6.58. The summed E-state index contributed by atoms with van der Waals surface area (Å²) in [5, 5.41) is 3.35. The Morgan fingerprint density at radius 1 is 1.47 bits per heavy atom. The van der Waals surface area contributed by atoms with E-state index in [2.05, 4.69) is 22.2 Å². The van der Waals surface area contributed by atoms with Gasteiger partial charge in [0, 0.05) is 18.0 Å². The Hall–Kier alpha value is -1.32. The van der Waals surface area contributed by atoms with Crippen molar-refractivity contribution in [3.8, 4) is 0 Å². The number of nitrogens with zero attached hydrogens (tertiary/aromatic N) is 1. The fourth-order valence-electron chi connectivity index (χ4n) is 2.27. The first-order chi connectivity index (χ1) is 8.20. The molecule has 2 saturated carbocycles. The van der Waals surface area contributed by atoms with Gasteiger partial charge < -0.3 is 10.3 Å². The fourth-order valence-corrected chi connectivity index (χ4v) is 2.27. The molecule has 1 aromatic rings. The van der Waals surface area contributed by atoms with Gasteiger partial charge in [0.05, 0.1) is 0 Å². The van der Waals surface area contributed by atoms with Crippen LogP contribution in [0.1, 0.15) is 50.8 Å². The lowest BCUT2D eigenvalue weighted by Crippen LogP contribution is -2.20. The van der Waals surface area contributed by atoms with Gasteiger partial charge in [0.2, 0.25) is 0 Å². The molecule has 1 unspecified atom stereocenters. The van der Waals surface area contributed by atoms with Gasteiger partial charge in [0.1, 0.15) is 11.6 Å². The van der Waals surface area contributed by atoms with Crippen LogP contribution in [-0.4, -0.2) is 16.0 Å². The molecule has 3 rings (SSSR count). The van der Waals surface area contributed by atoms with E-state index in [1.807, 2.05) is 0 Å². The van der Waals surface area contributed by atoms with E-state index in [9.17, 15) is 4.79 Å². The minimum absolute atomic E-state index is 0.0389. The highest BCUT2D eigenvalue weighted by atomic mass is 16.1. The second-order valence-corrected chi connectivity index (χ2v) is 5.51. The Morgan fingerprint density at radius 2 is 2.24 bits per heavy atom. The van der Waals surface area contributed by atoms with Gasteiger partial charge in [0.25, 0.3) is 5.56 Å². The highest BCUT2D eigenvalue weighted by molar-refractivity contribution is 5.35. The van der Waals surface area contributed by atoms with E-state index < -0.39 is 0 Å². The van der Waals surface area contributed by atoms with Gasteiger partial charge in [0.15, 0.2) is 0 Å². The second-order valence-electron chi connectivity index (χ2n) is 5.51. The van der Waals surface area contributed by atoms with Gasteiger partial charge in [-0.05, 0) is 32.1 Å². The van der Waals surface area contributed by atoms with E-state index >= 15 is 0 Å². The molecule has 0 spiro atoms. The lowest BCUT2D eigenvalue weighted by atomic mass is 10.1. The van der Waals surface area contributed by atoms with Crippen LogP contribution in [0.3, 0.4) is 0 Å². The molecule has 2 N–H and O–H groups in total. The van der Waals surface area contributed by atoms with Crippen LogP contribution < -0.4 is 10.9 Å². The van der Waals surface area contributed by atoms with Crippen LogP contribution in [0.15, 0.2) is 10.9 Å². The maximum Gasteiger partial charge on any atom is 0.252 e. The van der Waals surface area contributed by atoms with Crippen molar-refractivity contribution in [2.24, 2.45) is 5.92 Å². The van der Waals surface area contributed by atoms with E-state index in [1.54, 1.807) is 6.07 Å². The first-order valence-electron chi connectivity index (χ1n) is 6.58. The SMILES string of the molecule is CC(CC1CC1)Nc1cc(=O)[nH]c(C2CC2)n1. The van der Waals surface area contributed by atoms with E-state index in [-0.39, 0.29) is 5.56 Å². The standard InChI is InChI=1S/C13H19N3O/c1-8(6-9-2-3-9)14-11-7-12(17)16-13(15-11)10-4-5-10/h7-10H,2-6H2,1H3,(H2,14,15,16,17). The molecule has 1 heterocycles. The zero-order valence-corrected chi connectivity index (χ0v) is 10.2. The number of hydrogen-bond acceptors (Lipinski definition) is 3. The summed E-state index contributed by atoms with van der Waals surface area (Å²) in [6.45, 7) is 2.16. The van der Waals surface area contributed by atoms with Gasteiger partial charge in [-0.3, -0.25) is 4.79 Å². The van der Waals surface area contributed by atoms with Crippen molar-refractivity contribution in [3.63, 3.8) is 0 Å². The van der Waals surface area contributed by atoms with E-state index in [0.717, 1.165) is 30.4 Å². The summed E-state index contributed by atoms with van der Waals surface area (Å²) in [5.74, 6) is 2.98. The highest BCUT2D eigenvalue weighted by Gasteiger charge is 2.27. The molecule has 4 nitrogen and oxygen atoms in total. The summed E-state index contributed by atoms with van der Waals surface area (Å²) in [7, 11) is 0. The summed E-state index contributed by atoms with van der Waals surface area (Å²) in [6.07, 6.45) is 6.23. The second kappa shape index (κ2) is 4.17. The Balaban J connectivity index is 1.69. The number of H-pyrrole nitrogens is 1. The third-order valence-corrected chi connectivity index (χ3v) is 3.50. The Kier molecular flexibility index (Phi) is 2.65. The predicted molar refractivity (Wildman–Crippen MR) is 67.3 cm³/mol. The largest absolute Gasteiger partial charge is 0.367 e. The number of rotatable bonds is 5. The van der Waals surface area contributed by atoms with E-state index in [0.29, 0.717) is 12.0 Å². The molecule has 92 valence electrons. The monoisotopic (exact) mass is 233 g/mol. The zero-order valence-electron chi connectivity index (χ0n) is 10.2. The molecule has 1 aromatic heterocycles. The summed E-state index contributed by atoms with van der Waals surface area (Å²) in [5.41, 5.74) is -0.0389. The van der Waals surface area contributed by atoms with Crippen molar-refractivity contribution in [2.75, 3.05) is 5.32 Å². The molecule has 1 atom stereocenters. The van der Waals surface area contributed by atoms with Crippen LogP contribution in [-0.2, 0) is 0 Å². The minimum atomic E-state index is -0.0389. The molecule has 2 aliphatic rings. The Labute approximate surface area is 101 Å². The summed E-state index contributed by atoms with van der Waals surface area (Å²) in [6, 6.07) is 1.97. The number of nitrogens with one attached hydrogen (secondary N) is 2. The topological polar surface area (TPSA) is 57.8 Å². The molecule has 0 aliphatic heterocycles. The van der Waals surface area contributed by atoms with Crippen molar-refractivity contribution in [2.45, 2.75) is 51.0 Å². The normalized spacial score (nSPS) is 21.2. The van der Waals surface area contributed by atoms with Crippen LogP contribution in [0.5, 0.6) is 0 Å². The lowest BCUT2D eigenvalue weighted by molar-refractivity contribution is 0.639. The average Bonchev–Trinajstić information content (AvgIpc) is 3.12. The first kappa shape index (κ1) is 10.8. The molecule has 0 saturated heterocycles. The molecule has 4 heteroatoms.